The van der Waals surface area contributed by atoms with Gasteiger partial charge in [-0.3, -0.25) is 14.5 Å². The molecule has 5 rings (SSSR count). The lowest BCUT2D eigenvalue weighted by atomic mass is 9.88. The Balaban J connectivity index is 1.37. The van der Waals surface area contributed by atoms with Gasteiger partial charge in [0.15, 0.2) is 0 Å². The van der Waals surface area contributed by atoms with E-state index < -0.39 is 6.04 Å². The minimum absolute atomic E-state index is 0.0625. The second-order valence-corrected chi connectivity index (χ2v) is 9.51. The maximum atomic E-state index is 13.5. The first-order valence-corrected chi connectivity index (χ1v) is 12.2. The number of fused-ring (bicyclic) bond motifs is 1. The molecular weight excluding hydrogens is 464 g/mol. The average molecular weight is 491 g/mol. The largest absolute Gasteiger partial charge is 0.348 e. The first kappa shape index (κ1) is 23.2. The molecule has 180 valence electrons. The molecule has 0 radical (unpaired) electrons. The van der Waals surface area contributed by atoms with Crippen molar-refractivity contribution in [2.24, 2.45) is 0 Å². The Kier molecular flexibility index (Phi) is 6.34. The Morgan fingerprint density at radius 2 is 2.03 bits per heavy atom. The molecule has 0 bridgehead atoms. The van der Waals surface area contributed by atoms with Gasteiger partial charge >= 0.3 is 6.03 Å². The fourth-order valence-corrected chi connectivity index (χ4v) is 5.45. The molecule has 7 nitrogen and oxygen atoms in total. The zero-order valence-corrected chi connectivity index (χ0v) is 20.1. The van der Waals surface area contributed by atoms with Crippen LogP contribution in [-0.2, 0) is 16.0 Å². The Bertz CT molecular complexity index is 1240. The van der Waals surface area contributed by atoms with E-state index in [1.54, 1.807) is 24.3 Å². The Morgan fingerprint density at radius 1 is 1.20 bits per heavy atom. The molecule has 0 saturated heterocycles. The van der Waals surface area contributed by atoms with E-state index in [0.29, 0.717) is 16.3 Å². The molecule has 0 saturated carbocycles. The molecule has 35 heavy (non-hydrogen) atoms. The molecule has 2 aromatic rings. The average Bonchev–Trinajstić information content (AvgIpc) is 3.16. The molecule has 2 aromatic carbocycles. The summed E-state index contributed by atoms with van der Waals surface area (Å²) in [4.78, 5) is 42.5. The summed E-state index contributed by atoms with van der Waals surface area (Å²) < 4.78 is 0. The molecule has 2 N–H and O–H groups in total. The number of carbonyl (C=O) groups excluding carboxylic acids is 3. The molecule has 2 unspecified atom stereocenters. The van der Waals surface area contributed by atoms with E-state index in [1.165, 1.54) is 15.4 Å². The van der Waals surface area contributed by atoms with Gasteiger partial charge in [0.1, 0.15) is 6.54 Å². The molecule has 8 heteroatoms. The van der Waals surface area contributed by atoms with Gasteiger partial charge in [-0.2, -0.15) is 0 Å². The number of benzene rings is 2. The second-order valence-electron chi connectivity index (χ2n) is 9.07. The number of amides is 4. The van der Waals surface area contributed by atoms with E-state index >= 15 is 0 Å². The smallest absolute Gasteiger partial charge is 0.322 e. The van der Waals surface area contributed by atoms with Crippen molar-refractivity contribution < 1.29 is 14.4 Å². The number of rotatable bonds is 6. The van der Waals surface area contributed by atoms with Gasteiger partial charge in [0.05, 0.1) is 29.9 Å². The molecule has 2 aliphatic heterocycles. The summed E-state index contributed by atoms with van der Waals surface area (Å²) in [5, 5.41) is 6.56. The number of nitrogens with one attached hydrogen (secondary N) is 2. The van der Waals surface area contributed by atoms with Gasteiger partial charge in [0, 0.05) is 11.6 Å². The van der Waals surface area contributed by atoms with E-state index in [0.717, 1.165) is 30.4 Å². The number of hydrogen-bond donors (Lipinski definition) is 2. The fourth-order valence-electron chi connectivity index (χ4n) is 5.25. The highest BCUT2D eigenvalue weighted by atomic mass is 35.5. The third kappa shape index (κ3) is 4.44. The summed E-state index contributed by atoms with van der Waals surface area (Å²) in [6.07, 6.45) is 4.50. The zero-order valence-electron chi connectivity index (χ0n) is 19.3. The van der Waals surface area contributed by atoms with Crippen LogP contribution < -0.4 is 10.6 Å². The van der Waals surface area contributed by atoms with E-state index in [1.807, 2.05) is 18.2 Å². The van der Waals surface area contributed by atoms with Crippen molar-refractivity contribution in [2.45, 2.75) is 31.3 Å². The van der Waals surface area contributed by atoms with E-state index in [-0.39, 0.29) is 43.5 Å². The molecule has 3 aliphatic rings. The first-order valence-electron chi connectivity index (χ1n) is 11.8. The van der Waals surface area contributed by atoms with E-state index in [2.05, 4.69) is 29.3 Å². The van der Waals surface area contributed by atoms with Crippen LogP contribution in [0.5, 0.6) is 0 Å². The molecule has 0 fully saturated rings. The van der Waals surface area contributed by atoms with Crippen LogP contribution >= 0.6 is 11.6 Å². The van der Waals surface area contributed by atoms with Crippen molar-refractivity contribution in [3.63, 3.8) is 0 Å². The van der Waals surface area contributed by atoms with Crippen molar-refractivity contribution in [3.05, 3.63) is 94.2 Å². The number of aryl methyl sites for hydroxylation is 1. The number of carbonyl (C=O) groups is 3. The number of halogens is 1. The molecule has 0 aromatic heterocycles. The maximum Gasteiger partial charge on any atom is 0.322 e. The van der Waals surface area contributed by atoms with E-state index in [4.69, 9.17) is 11.6 Å². The predicted octanol–water partition coefficient (Wildman–Crippen LogP) is 3.88. The van der Waals surface area contributed by atoms with Gasteiger partial charge in [-0.25, -0.2) is 4.79 Å². The van der Waals surface area contributed by atoms with Crippen molar-refractivity contribution in [3.8, 4) is 0 Å². The quantitative estimate of drug-likeness (QED) is 0.603. The monoisotopic (exact) mass is 490 g/mol. The summed E-state index contributed by atoms with van der Waals surface area (Å²) in [5.74, 6) is -0.480. The Morgan fingerprint density at radius 3 is 2.83 bits per heavy atom. The van der Waals surface area contributed by atoms with Gasteiger partial charge in [-0.1, -0.05) is 54.1 Å². The Hall–Kier alpha value is -3.58. The van der Waals surface area contributed by atoms with E-state index in [9.17, 15) is 14.4 Å². The van der Waals surface area contributed by atoms with Crippen LogP contribution in [-0.4, -0.2) is 47.3 Å². The summed E-state index contributed by atoms with van der Waals surface area (Å²) in [6, 6.07) is 14.2. The lowest BCUT2D eigenvalue weighted by Gasteiger charge is -2.33. The highest BCUT2D eigenvalue weighted by molar-refractivity contribution is 6.30. The SMILES string of the molecule is C=CCN1C(=O)NC(c2cccc(Cl)c2)C2=C1CN(CC(=O)NC1CCCc3ccccc31)C2=O. The third-order valence-electron chi connectivity index (χ3n) is 6.83. The number of nitrogens with zero attached hydrogens (tertiary/aromatic N) is 2. The van der Waals surface area contributed by atoms with Gasteiger partial charge in [0.2, 0.25) is 5.91 Å². The van der Waals surface area contributed by atoms with Crippen LogP contribution in [0.25, 0.3) is 0 Å². The van der Waals surface area contributed by atoms with Crippen molar-refractivity contribution in [2.75, 3.05) is 19.6 Å². The molecule has 1 aliphatic carbocycles. The topological polar surface area (TPSA) is 81.8 Å². The summed E-state index contributed by atoms with van der Waals surface area (Å²) >= 11 is 6.18. The van der Waals surface area contributed by atoms with Crippen LogP contribution in [0.1, 0.15) is 41.6 Å². The highest BCUT2D eigenvalue weighted by Crippen LogP contribution is 2.37. The molecule has 4 amide bonds. The molecular formula is C27H27ClN4O3. The molecule has 2 heterocycles. The zero-order chi connectivity index (χ0) is 24.5. The minimum Gasteiger partial charge on any atom is -0.348 e. The van der Waals surface area contributed by atoms with Crippen LogP contribution in [0.15, 0.2) is 72.5 Å². The predicted molar refractivity (Wildman–Crippen MR) is 133 cm³/mol. The standard InChI is InChI=1S/C27H27ClN4O3/c1-2-13-32-22-15-31(16-23(33)29-21-12-6-8-17-7-3-4-11-20(17)21)26(34)24(22)25(30-27(32)35)18-9-5-10-19(28)14-18/h2-5,7,9-11,14,21,25H,1,6,8,12-13,15-16H2,(H,29,33)(H,30,35). The van der Waals surface area contributed by atoms with Gasteiger partial charge in [-0.15, -0.1) is 6.58 Å². The Labute approximate surface area is 209 Å². The van der Waals surface area contributed by atoms with Crippen LogP contribution in [0.2, 0.25) is 5.02 Å². The maximum absolute atomic E-state index is 13.5. The second kappa shape index (κ2) is 9.58. The minimum atomic E-state index is -0.636. The first-order chi connectivity index (χ1) is 17.0. The van der Waals surface area contributed by atoms with Crippen molar-refractivity contribution in [1.29, 1.82) is 0 Å². The normalized spacial score (nSPS) is 21.4. The van der Waals surface area contributed by atoms with Crippen molar-refractivity contribution in [1.82, 2.24) is 20.4 Å². The highest BCUT2D eigenvalue weighted by Gasteiger charge is 2.44. The van der Waals surface area contributed by atoms with Crippen LogP contribution in [0.4, 0.5) is 4.79 Å². The number of hydrogen-bond acceptors (Lipinski definition) is 3. The fraction of sp³-hybridized carbons (Fsp3) is 0.296. The summed E-state index contributed by atoms with van der Waals surface area (Å²) in [7, 11) is 0. The van der Waals surface area contributed by atoms with Gasteiger partial charge in [0.25, 0.3) is 5.91 Å². The summed E-state index contributed by atoms with van der Waals surface area (Å²) in [6.45, 7) is 4.10. The van der Waals surface area contributed by atoms with Gasteiger partial charge in [-0.05, 0) is 48.1 Å². The van der Waals surface area contributed by atoms with Crippen LogP contribution in [0, 0.1) is 0 Å². The third-order valence-corrected chi connectivity index (χ3v) is 7.06. The van der Waals surface area contributed by atoms with Crippen LogP contribution in [0.3, 0.4) is 0 Å². The number of urea groups is 1. The molecule has 0 spiro atoms. The van der Waals surface area contributed by atoms with Gasteiger partial charge < -0.3 is 15.5 Å². The lowest BCUT2D eigenvalue weighted by Crippen LogP contribution is -2.47. The lowest BCUT2D eigenvalue weighted by molar-refractivity contribution is -0.132. The summed E-state index contributed by atoms with van der Waals surface area (Å²) in [5.41, 5.74) is 4.18. The molecule has 2 atom stereocenters. The van der Waals surface area contributed by atoms with Crippen molar-refractivity contribution >= 4 is 29.4 Å².